The van der Waals surface area contributed by atoms with E-state index in [9.17, 15) is 14.7 Å². The number of H-pyrrole nitrogens is 1. The number of hydrogen-bond acceptors (Lipinski definition) is 12. The van der Waals surface area contributed by atoms with E-state index in [0.29, 0.717) is 49.0 Å². The third-order valence-electron chi connectivity index (χ3n) is 8.51. The van der Waals surface area contributed by atoms with Crippen LogP contribution in [0, 0.1) is 5.92 Å². The summed E-state index contributed by atoms with van der Waals surface area (Å²) in [5, 5.41) is 17.4. The van der Waals surface area contributed by atoms with Crippen molar-refractivity contribution in [2.24, 2.45) is 5.92 Å². The number of thiophene rings is 2. The molecule has 3 aromatic heterocycles. The summed E-state index contributed by atoms with van der Waals surface area (Å²) in [6.45, 7) is 2.44. The highest BCUT2D eigenvalue weighted by Gasteiger charge is 2.41. The molecule has 0 bridgehead atoms. The van der Waals surface area contributed by atoms with Crippen molar-refractivity contribution in [2.75, 3.05) is 47.5 Å². The molecule has 1 unspecified atom stereocenters. The Bertz CT molecular complexity index is 1700. The second kappa shape index (κ2) is 18.3. The smallest absolute Gasteiger partial charge is 0.348 e. The number of halogens is 2. The average molecular weight is 767 g/mol. The Labute approximate surface area is 309 Å². The van der Waals surface area contributed by atoms with E-state index in [1.807, 2.05) is 11.4 Å². The van der Waals surface area contributed by atoms with Crippen LogP contribution in [0.2, 0.25) is 10.0 Å². The largest absolute Gasteiger partial charge is 0.870 e. The zero-order chi connectivity index (χ0) is 35.0. The molecule has 0 aliphatic carbocycles. The molecule has 1 aliphatic rings. The summed E-state index contributed by atoms with van der Waals surface area (Å²) in [4.78, 5) is 33.6. The molecule has 5 rings (SSSR count). The third-order valence-corrected chi connectivity index (χ3v) is 11.3. The molecule has 270 valence electrons. The predicted octanol–water partition coefficient (Wildman–Crippen LogP) is 5.77. The van der Waals surface area contributed by atoms with Crippen LogP contribution in [0.15, 0.2) is 60.2 Å². The minimum atomic E-state index is -1.84. The molecule has 0 amide bonds. The zero-order valence-electron chi connectivity index (χ0n) is 27.9. The van der Waals surface area contributed by atoms with Gasteiger partial charge in [-0.1, -0.05) is 35.3 Å². The number of esters is 2. The molecule has 1 aliphatic heterocycles. The van der Waals surface area contributed by atoms with Crippen LogP contribution < -0.4 is 19.8 Å². The number of aromatic nitrogens is 1. The van der Waals surface area contributed by atoms with E-state index < -0.39 is 23.6 Å². The molecule has 1 saturated heterocycles. The fourth-order valence-corrected chi connectivity index (χ4v) is 7.79. The Morgan fingerprint density at radius 3 is 2.46 bits per heavy atom. The molecule has 0 saturated carbocycles. The Morgan fingerprint density at radius 2 is 1.80 bits per heavy atom. The summed E-state index contributed by atoms with van der Waals surface area (Å²) >= 11 is 15.5. The first-order valence-corrected chi connectivity index (χ1v) is 18.2. The minimum absolute atomic E-state index is 0. The van der Waals surface area contributed by atoms with Gasteiger partial charge in [0.05, 0.1) is 20.8 Å². The monoisotopic (exact) mass is 765 g/mol. The Morgan fingerprint density at radius 1 is 1.08 bits per heavy atom. The minimum Gasteiger partial charge on any atom is -0.870 e. The molecule has 4 N–H and O–H groups in total. The second-order valence-electron chi connectivity index (χ2n) is 11.9. The summed E-state index contributed by atoms with van der Waals surface area (Å²) < 4.78 is 22.6. The van der Waals surface area contributed by atoms with Gasteiger partial charge in [-0.2, -0.15) is 0 Å². The summed E-state index contributed by atoms with van der Waals surface area (Å²) in [5.41, 5.74) is -0.558. The lowest BCUT2D eigenvalue weighted by molar-refractivity contribution is -0.377. The SMILES string of the molecule is COc1ccc([C@H](Cc2c(Cl)c[nH+]cc2Cl)OC(=O)c2ccc(CNCC(O)(C(=O)OCC3CCN(C)CC3)c3cccs3)s2)cc1OC.[OH-]. The van der Waals surface area contributed by atoms with Crippen molar-refractivity contribution in [3.8, 4) is 11.5 Å². The number of aromatic amines is 1. The number of likely N-dealkylation sites (tertiary alicyclic amines) is 1. The molecule has 50 heavy (non-hydrogen) atoms. The highest BCUT2D eigenvalue weighted by atomic mass is 35.5. The Kier molecular flexibility index (Phi) is 14.5. The molecule has 15 heteroatoms. The van der Waals surface area contributed by atoms with Gasteiger partial charge in [-0.25, -0.2) is 14.6 Å². The van der Waals surface area contributed by atoms with Crippen LogP contribution in [0.25, 0.3) is 0 Å². The third kappa shape index (κ3) is 9.74. The maximum atomic E-state index is 13.5. The molecule has 11 nitrogen and oxygen atoms in total. The van der Waals surface area contributed by atoms with Gasteiger partial charge in [0.25, 0.3) is 0 Å². The summed E-state index contributed by atoms with van der Waals surface area (Å²) in [6, 6.07) is 12.3. The van der Waals surface area contributed by atoms with Crippen LogP contribution in [0.1, 0.15) is 49.5 Å². The van der Waals surface area contributed by atoms with Crippen molar-refractivity contribution < 1.29 is 44.1 Å². The van der Waals surface area contributed by atoms with Gasteiger partial charge in [-0.3, -0.25) is 0 Å². The molecule has 4 heterocycles. The van der Waals surface area contributed by atoms with Crippen LogP contribution >= 0.6 is 45.9 Å². The summed E-state index contributed by atoms with van der Waals surface area (Å²) in [5.74, 6) is 0.0929. The Hall–Kier alpha value is -3.27. The van der Waals surface area contributed by atoms with Crippen LogP contribution in [-0.4, -0.2) is 74.9 Å². The lowest BCUT2D eigenvalue weighted by Gasteiger charge is -2.30. The molecular weight excluding hydrogens is 725 g/mol. The van der Waals surface area contributed by atoms with Crippen molar-refractivity contribution in [1.29, 1.82) is 0 Å². The molecule has 1 aromatic carbocycles. The van der Waals surface area contributed by atoms with Crippen molar-refractivity contribution in [3.05, 3.63) is 96.0 Å². The lowest BCUT2D eigenvalue weighted by atomic mass is 9.98. The highest BCUT2D eigenvalue weighted by Crippen LogP contribution is 2.36. The van der Waals surface area contributed by atoms with E-state index >= 15 is 0 Å². The normalized spacial score (nSPS) is 15.4. The quantitative estimate of drug-likeness (QED) is 0.143. The highest BCUT2D eigenvalue weighted by molar-refractivity contribution is 7.13. The van der Waals surface area contributed by atoms with Crippen molar-refractivity contribution in [2.45, 2.75) is 37.5 Å². The number of nitrogens with one attached hydrogen (secondary N) is 2. The van der Waals surface area contributed by atoms with Crippen LogP contribution in [0.4, 0.5) is 0 Å². The first kappa shape index (κ1) is 39.5. The van der Waals surface area contributed by atoms with Gasteiger partial charge in [0.15, 0.2) is 23.9 Å². The summed E-state index contributed by atoms with van der Waals surface area (Å²) in [6.07, 6.45) is 4.58. The number of rotatable bonds is 15. The van der Waals surface area contributed by atoms with E-state index in [1.165, 1.54) is 29.8 Å². The molecule has 1 fully saturated rings. The van der Waals surface area contributed by atoms with Gasteiger partial charge in [-0.15, -0.1) is 22.7 Å². The van der Waals surface area contributed by atoms with Crippen molar-refractivity contribution in [1.82, 2.24) is 10.2 Å². The van der Waals surface area contributed by atoms with Gasteiger partial charge in [-0.05, 0) is 80.2 Å². The van der Waals surface area contributed by atoms with Crippen LogP contribution in [0.3, 0.4) is 0 Å². The molecule has 4 aromatic rings. The van der Waals surface area contributed by atoms with E-state index in [2.05, 4.69) is 22.2 Å². The first-order chi connectivity index (χ1) is 23.6. The van der Waals surface area contributed by atoms with Crippen LogP contribution in [0.5, 0.6) is 11.5 Å². The number of benzene rings is 1. The van der Waals surface area contributed by atoms with Gasteiger partial charge >= 0.3 is 11.9 Å². The Balaban J connectivity index is 0.00000562. The van der Waals surface area contributed by atoms with Gasteiger partial charge in [0, 0.05) is 34.8 Å². The summed E-state index contributed by atoms with van der Waals surface area (Å²) in [7, 11) is 5.16. The van der Waals surface area contributed by atoms with Gasteiger partial charge in [0.2, 0.25) is 5.60 Å². The maximum absolute atomic E-state index is 13.5. The number of ether oxygens (including phenoxy) is 4. The number of aliphatic hydroxyl groups is 1. The number of carbonyl (C=O) groups excluding carboxylic acids is 2. The molecule has 0 spiro atoms. The maximum Gasteiger partial charge on any atom is 0.348 e. The number of piperidine rings is 1. The second-order valence-corrected chi connectivity index (χ2v) is 14.8. The number of pyridine rings is 1. The molecule has 0 radical (unpaired) electrons. The predicted molar refractivity (Wildman–Crippen MR) is 192 cm³/mol. The molecule has 2 atom stereocenters. The van der Waals surface area contributed by atoms with E-state index in [-0.39, 0.29) is 31.0 Å². The average Bonchev–Trinajstić information content (AvgIpc) is 3.82. The first-order valence-electron chi connectivity index (χ1n) is 15.8. The van der Waals surface area contributed by atoms with E-state index in [0.717, 1.165) is 30.8 Å². The van der Waals surface area contributed by atoms with Crippen molar-refractivity contribution >= 4 is 57.8 Å². The van der Waals surface area contributed by atoms with Gasteiger partial charge < -0.3 is 39.7 Å². The standard InChI is InChI=1S/C35H39Cl2N3O7S2.H2O/c1-40-12-10-22(11-13-40)20-46-34(42)35(43,32-5-4-14-48-32)21-39-17-24-7-9-31(49-24)33(41)47-29(16-25-26(36)18-38-19-27(25)37)23-6-8-28(44-2)30(15-23)45-3;/h4-9,14-15,18-19,22,29,39,43H,10-13,16-17,20-21H2,1-3H3;1H2/t29-,35?;/m0./s1. The number of carbonyl (C=O) groups is 2. The fourth-order valence-electron chi connectivity index (χ4n) is 5.59. The topological polar surface area (TPSA) is 151 Å². The van der Waals surface area contributed by atoms with Crippen molar-refractivity contribution in [3.63, 3.8) is 0 Å². The number of nitrogens with zero attached hydrogens (tertiary/aromatic N) is 1. The zero-order valence-corrected chi connectivity index (χ0v) is 31.1. The lowest BCUT2D eigenvalue weighted by Crippen LogP contribution is -2.46. The van der Waals surface area contributed by atoms with Crippen LogP contribution in [-0.2, 0) is 32.8 Å². The molecular formula is C35H41Cl2N3O8S2. The fraction of sp³-hybridized carbons (Fsp3) is 0.400. The van der Waals surface area contributed by atoms with E-state index in [1.54, 1.807) is 55.9 Å². The number of hydrogen-bond donors (Lipinski definition) is 2. The van der Waals surface area contributed by atoms with E-state index in [4.69, 9.17) is 42.1 Å². The van der Waals surface area contributed by atoms with Gasteiger partial charge in [0.1, 0.15) is 21.0 Å². The number of methoxy groups -OCH3 is 2.